The zero-order valence-electron chi connectivity index (χ0n) is 15.5. The first-order valence-electron chi connectivity index (χ1n) is 8.09. The van der Waals surface area contributed by atoms with Crippen molar-refractivity contribution in [2.75, 3.05) is 19.3 Å². The molecule has 0 bridgehead atoms. The van der Waals surface area contributed by atoms with E-state index in [1.165, 1.54) is 32.6 Å². The monoisotopic (exact) mass is 386 g/mol. The summed E-state index contributed by atoms with van der Waals surface area (Å²) in [6.45, 7) is 1.67. The van der Waals surface area contributed by atoms with Crippen LogP contribution in [0.15, 0.2) is 63.9 Å². The molecule has 0 aromatic heterocycles. The predicted octanol–water partition coefficient (Wildman–Crippen LogP) is 3.72. The van der Waals surface area contributed by atoms with Crippen LogP contribution in [0.4, 0.5) is 14.9 Å². The minimum absolute atomic E-state index is 0.290. The third-order valence-electron chi connectivity index (χ3n) is 3.56. The fourth-order valence-corrected chi connectivity index (χ4v) is 2.31. The van der Waals surface area contributed by atoms with Gasteiger partial charge in [0.05, 0.1) is 24.7 Å². The average Bonchev–Trinajstić information content (AvgIpc) is 2.68. The molecule has 1 N–H and O–H groups in total. The number of hydrogen-bond acceptors (Lipinski definition) is 6. The highest BCUT2D eigenvalue weighted by Crippen LogP contribution is 2.19. The van der Waals surface area contributed by atoms with E-state index in [0.717, 1.165) is 0 Å². The first-order valence-corrected chi connectivity index (χ1v) is 8.09. The van der Waals surface area contributed by atoms with Gasteiger partial charge in [-0.1, -0.05) is 23.4 Å². The number of anilines is 1. The Morgan fingerprint density at radius 1 is 1.14 bits per heavy atom. The topological polar surface area (TPSA) is 96.1 Å². The van der Waals surface area contributed by atoms with E-state index in [1.54, 1.807) is 43.3 Å². The van der Waals surface area contributed by atoms with Crippen molar-refractivity contribution in [1.29, 1.82) is 0 Å². The highest BCUT2D eigenvalue weighted by Gasteiger charge is 2.16. The summed E-state index contributed by atoms with van der Waals surface area (Å²) in [5.41, 5.74) is 2.19. The predicted molar refractivity (Wildman–Crippen MR) is 105 cm³/mol. The number of benzene rings is 2. The van der Waals surface area contributed by atoms with Crippen molar-refractivity contribution >= 4 is 29.4 Å². The largest absolute Gasteiger partial charge is 0.463 e. The Kier molecular flexibility index (Phi) is 7.35. The molecule has 9 heteroatoms. The normalized spacial score (nSPS) is 12.3. The van der Waals surface area contributed by atoms with Gasteiger partial charge in [-0.25, -0.2) is 9.18 Å². The van der Waals surface area contributed by atoms with E-state index < -0.39 is 6.09 Å². The molecular formula is C19H19FN4O4. The zero-order chi connectivity index (χ0) is 20.5. The highest BCUT2D eigenvalue weighted by molar-refractivity contribution is 6.47. The van der Waals surface area contributed by atoms with Gasteiger partial charge in [0.15, 0.2) is 0 Å². The SMILES string of the molecule is CO/N=C(/C(C)=N/N=C/c1ccccc1N(OC)C(=O)O)c1ccc(F)cc1. The smallest absolute Gasteiger partial charge is 0.436 e. The minimum Gasteiger partial charge on any atom is -0.463 e. The molecule has 1 amide bonds. The third-order valence-corrected chi connectivity index (χ3v) is 3.56. The number of para-hydroxylation sites is 1. The van der Waals surface area contributed by atoms with Crippen LogP contribution in [0, 0.1) is 5.82 Å². The summed E-state index contributed by atoms with van der Waals surface area (Å²) < 4.78 is 13.1. The van der Waals surface area contributed by atoms with Gasteiger partial charge in [-0.2, -0.15) is 15.3 Å². The number of halogens is 1. The van der Waals surface area contributed by atoms with Gasteiger partial charge in [0.2, 0.25) is 0 Å². The van der Waals surface area contributed by atoms with Gasteiger partial charge < -0.3 is 9.94 Å². The van der Waals surface area contributed by atoms with E-state index in [9.17, 15) is 14.3 Å². The lowest BCUT2D eigenvalue weighted by Gasteiger charge is -2.17. The van der Waals surface area contributed by atoms with E-state index in [0.29, 0.717) is 33.3 Å². The Balaban J connectivity index is 2.31. The van der Waals surface area contributed by atoms with Crippen molar-refractivity contribution in [3.8, 4) is 0 Å². The number of hydroxylamine groups is 1. The molecule has 0 aliphatic rings. The van der Waals surface area contributed by atoms with E-state index in [1.807, 2.05) is 0 Å². The Labute approximate surface area is 161 Å². The van der Waals surface area contributed by atoms with Crippen LogP contribution in [-0.4, -0.2) is 43.1 Å². The summed E-state index contributed by atoms with van der Waals surface area (Å²) in [7, 11) is 2.64. The zero-order valence-corrected chi connectivity index (χ0v) is 15.5. The maximum Gasteiger partial charge on any atom is 0.436 e. The molecule has 0 spiro atoms. The lowest BCUT2D eigenvalue weighted by molar-refractivity contribution is 0.130. The Bertz CT molecular complexity index is 910. The van der Waals surface area contributed by atoms with Crippen LogP contribution in [-0.2, 0) is 9.68 Å². The van der Waals surface area contributed by atoms with Crippen LogP contribution in [0.3, 0.4) is 0 Å². The van der Waals surface area contributed by atoms with Gasteiger partial charge >= 0.3 is 6.09 Å². The van der Waals surface area contributed by atoms with Crippen molar-refractivity contribution in [1.82, 2.24) is 0 Å². The quantitative estimate of drug-likeness (QED) is 0.579. The summed E-state index contributed by atoms with van der Waals surface area (Å²) in [6.07, 6.45) is 0.122. The van der Waals surface area contributed by atoms with Gasteiger partial charge in [0.25, 0.3) is 0 Å². The van der Waals surface area contributed by atoms with Crippen molar-refractivity contribution in [3.63, 3.8) is 0 Å². The number of oxime groups is 1. The molecule has 0 unspecified atom stereocenters. The molecule has 8 nitrogen and oxygen atoms in total. The number of hydrogen-bond donors (Lipinski definition) is 1. The maximum atomic E-state index is 13.1. The molecule has 0 fully saturated rings. The number of rotatable bonds is 7. The number of amides is 1. The summed E-state index contributed by atoms with van der Waals surface area (Å²) in [5, 5.41) is 21.9. The minimum atomic E-state index is -1.27. The summed E-state index contributed by atoms with van der Waals surface area (Å²) in [4.78, 5) is 21.0. The van der Waals surface area contributed by atoms with Crippen LogP contribution in [0.1, 0.15) is 18.1 Å². The molecule has 28 heavy (non-hydrogen) atoms. The molecule has 0 aliphatic heterocycles. The average molecular weight is 386 g/mol. The van der Waals surface area contributed by atoms with Crippen molar-refractivity contribution < 1.29 is 24.0 Å². The van der Waals surface area contributed by atoms with Gasteiger partial charge in [-0.05, 0) is 37.3 Å². The molecule has 2 rings (SSSR count). The summed E-state index contributed by atoms with van der Waals surface area (Å²) in [5.74, 6) is -0.370. The lowest BCUT2D eigenvalue weighted by Crippen LogP contribution is -2.28. The maximum absolute atomic E-state index is 13.1. The molecule has 0 radical (unpaired) electrons. The molecule has 0 saturated carbocycles. The summed E-state index contributed by atoms with van der Waals surface area (Å²) in [6, 6.07) is 12.4. The molecule has 0 atom stereocenters. The van der Waals surface area contributed by atoms with Crippen LogP contribution >= 0.6 is 0 Å². The van der Waals surface area contributed by atoms with Crippen molar-refractivity contribution in [2.45, 2.75) is 6.92 Å². The lowest BCUT2D eigenvalue weighted by atomic mass is 10.1. The van der Waals surface area contributed by atoms with E-state index in [2.05, 4.69) is 15.4 Å². The second kappa shape index (κ2) is 9.93. The van der Waals surface area contributed by atoms with Gasteiger partial charge in [-0.15, -0.1) is 0 Å². The molecular weight excluding hydrogens is 367 g/mol. The molecule has 2 aromatic carbocycles. The first kappa shape index (κ1) is 20.7. The van der Waals surface area contributed by atoms with Crippen molar-refractivity contribution in [2.24, 2.45) is 15.4 Å². The first-order chi connectivity index (χ1) is 13.5. The standard InChI is InChI=1S/C19H19FN4O4/c1-13(18(23-27-2)14-8-10-16(20)11-9-14)22-21-12-15-6-4-5-7-17(15)24(28-3)19(25)26/h4-12H,1-3H3,(H,25,26)/b21-12+,22-13+,23-18-. The van der Waals surface area contributed by atoms with Gasteiger partial charge in [-0.3, -0.25) is 4.84 Å². The molecule has 146 valence electrons. The number of nitrogens with zero attached hydrogens (tertiary/aromatic N) is 4. The van der Waals surface area contributed by atoms with Crippen LogP contribution in [0.2, 0.25) is 0 Å². The molecule has 0 aliphatic carbocycles. The molecule has 0 heterocycles. The van der Waals surface area contributed by atoms with E-state index in [-0.39, 0.29) is 5.82 Å². The van der Waals surface area contributed by atoms with E-state index >= 15 is 0 Å². The fraction of sp³-hybridized carbons (Fsp3) is 0.158. The number of carbonyl (C=O) groups is 1. The van der Waals surface area contributed by atoms with Crippen molar-refractivity contribution in [3.05, 3.63) is 65.5 Å². The molecule has 2 aromatic rings. The Hall–Kier alpha value is -3.59. The van der Waals surface area contributed by atoms with Crippen LogP contribution < -0.4 is 5.06 Å². The van der Waals surface area contributed by atoms with Crippen LogP contribution in [0.25, 0.3) is 0 Å². The van der Waals surface area contributed by atoms with E-state index in [4.69, 9.17) is 9.68 Å². The molecule has 0 saturated heterocycles. The van der Waals surface area contributed by atoms with Gasteiger partial charge in [0.1, 0.15) is 18.6 Å². The second-order valence-electron chi connectivity index (χ2n) is 5.38. The fourth-order valence-electron chi connectivity index (χ4n) is 2.31. The third kappa shape index (κ3) is 5.21. The summed E-state index contributed by atoms with van der Waals surface area (Å²) >= 11 is 0. The van der Waals surface area contributed by atoms with Gasteiger partial charge in [0, 0.05) is 11.1 Å². The van der Waals surface area contributed by atoms with Crippen LogP contribution in [0.5, 0.6) is 0 Å². The highest BCUT2D eigenvalue weighted by atomic mass is 19.1. The number of carboxylic acid groups (broad SMARTS) is 1. The Morgan fingerprint density at radius 3 is 2.43 bits per heavy atom. The second-order valence-corrected chi connectivity index (χ2v) is 5.38. The Morgan fingerprint density at radius 2 is 1.82 bits per heavy atom.